The fourth-order valence-corrected chi connectivity index (χ4v) is 1.67. The van der Waals surface area contributed by atoms with Gasteiger partial charge in [0.1, 0.15) is 5.82 Å². The SMILES string of the molecule is CCCNCC(=O)Nc1ncc(Br)cc1C. The summed E-state index contributed by atoms with van der Waals surface area (Å²) >= 11 is 3.33. The van der Waals surface area contributed by atoms with E-state index >= 15 is 0 Å². The molecule has 88 valence electrons. The van der Waals surface area contributed by atoms with Gasteiger partial charge in [-0.2, -0.15) is 0 Å². The Morgan fingerprint density at radius 1 is 1.56 bits per heavy atom. The number of hydrogen-bond donors (Lipinski definition) is 2. The normalized spacial score (nSPS) is 10.2. The van der Waals surface area contributed by atoms with E-state index in [9.17, 15) is 4.79 Å². The second-order valence-electron chi connectivity index (χ2n) is 3.54. The lowest BCUT2D eigenvalue weighted by atomic mass is 10.3. The Morgan fingerprint density at radius 3 is 2.94 bits per heavy atom. The van der Waals surface area contributed by atoms with Gasteiger partial charge in [-0.25, -0.2) is 4.98 Å². The largest absolute Gasteiger partial charge is 0.309 e. The Kier molecular flexibility index (Phi) is 5.42. The third-order valence-electron chi connectivity index (χ3n) is 2.02. The first-order valence-electron chi connectivity index (χ1n) is 5.26. The van der Waals surface area contributed by atoms with Crippen molar-refractivity contribution in [2.24, 2.45) is 0 Å². The molecule has 5 heteroatoms. The van der Waals surface area contributed by atoms with Crippen LogP contribution in [0.3, 0.4) is 0 Å². The number of carbonyl (C=O) groups is 1. The molecule has 0 aromatic carbocycles. The van der Waals surface area contributed by atoms with Gasteiger partial charge in [-0.15, -0.1) is 0 Å². The Morgan fingerprint density at radius 2 is 2.31 bits per heavy atom. The number of aromatic nitrogens is 1. The van der Waals surface area contributed by atoms with E-state index in [-0.39, 0.29) is 5.91 Å². The maximum atomic E-state index is 11.5. The van der Waals surface area contributed by atoms with Crippen molar-refractivity contribution in [1.82, 2.24) is 10.3 Å². The van der Waals surface area contributed by atoms with E-state index in [1.807, 2.05) is 13.0 Å². The second kappa shape index (κ2) is 6.60. The van der Waals surface area contributed by atoms with Gasteiger partial charge < -0.3 is 10.6 Å². The summed E-state index contributed by atoms with van der Waals surface area (Å²) < 4.78 is 0.909. The minimum Gasteiger partial charge on any atom is -0.309 e. The fourth-order valence-electron chi connectivity index (χ4n) is 1.23. The summed E-state index contributed by atoms with van der Waals surface area (Å²) in [6.45, 7) is 5.14. The number of nitrogens with zero attached hydrogens (tertiary/aromatic N) is 1. The minimum absolute atomic E-state index is 0.0635. The highest BCUT2D eigenvalue weighted by Crippen LogP contribution is 2.16. The highest BCUT2D eigenvalue weighted by Gasteiger charge is 2.05. The van der Waals surface area contributed by atoms with Crippen LogP contribution in [-0.4, -0.2) is 24.0 Å². The molecular weight excluding hydrogens is 270 g/mol. The molecule has 2 N–H and O–H groups in total. The van der Waals surface area contributed by atoms with E-state index in [1.54, 1.807) is 6.20 Å². The van der Waals surface area contributed by atoms with Gasteiger partial charge in [-0.1, -0.05) is 6.92 Å². The van der Waals surface area contributed by atoms with E-state index < -0.39 is 0 Å². The van der Waals surface area contributed by atoms with Crippen LogP contribution in [0.4, 0.5) is 5.82 Å². The van der Waals surface area contributed by atoms with E-state index in [4.69, 9.17) is 0 Å². The number of carbonyl (C=O) groups excluding carboxylic acids is 1. The zero-order chi connectivity index (χ0) is 12.0. The van der Waals surface area contributed by atoms with Crippen molar-refractivity contribution in [3.63, 3.8) is 0 Å². The molecule has 0 aliphatic rings. The molecule has 0 atom stereocenters. The van der Waals surface area contributed by atoms with Gasteiger partial charge in [-0.3, -0.25) is 4.79 Å². The fraction of sp³-hybridized carbons (Fsp3) is 0.455. The molecule has 0 spiro atoms. The molecule has 1 heterocycles. The van der Waals surface area contributed by atoms with E-state index in [1.165, 1.54) is 0 Å². The van der Waals surface area contributed by atoms with Crippen LogP contribution in [0.5, 0.6) is 0 Å². The molecule has 1 rings (SSSR count). The van der Waals surface area contributed by atoms with Crippen LogP contribution in [0.2, 0.25) is 0 Å². The van der Waals surface area contributed by atoms with Crippen LogP contribution >= 0.6 is 15.9 Å². The molecule has 0 bridgehead atoms. The molecule has 1 aromatic heterocycles. The number of aryl methyl sites for hydroxylation is 1. The van der Waals surface area contributed by atoms with E-state index in [0.717, 1.165) is 23.0 Å². The van der Waals surface area contributed by atoms with Crippen LogP contribution in [0, 0.1) is 6.92 Å². The number of halogens is 1. The first kappa shape index (κ1) is 13.1. The quantitative estimate of drug-likeness (QED) is 0.815. The van der Waals surface area contributed by atoms with Crippen LogP contribution in [0.25, 0.3) is 0 Å². The Hall–Kier alpha value is -0.940. The van der Waals surface area contributed by atoms with Gasteiger partial charge in [0.25, 0.3) is 0 Å². The smallest absolute Gasteiger partial charge is 0.239 e. The van der Waals surface area contributed by atoms with Gasteiger partial charge in [0, 0.05) is 10.7 Å². The molecule has 16 heavy (non-hydrogen) atoms. The van der Waals surface area contributed by atoms with Crippen molar-refractivity contribution < 1.29 is 4.79 Å². The number of anilines is 1. The predicted molar refractivity (Wildman–Crippen MR) is 68.5 cm³/mol. The summed E-state index contributed by atoms with van der Waals surface area (Å²) in [5.41, 5.74) is 0.943. The topological polar surface area (TPSA) is 54.0 Å². The monoisotopic (exact) mass is 285 g/mol. The number of rotatable bonds is 5. The van der Waals surface area contributed by atoms with Gasteiger partial charge in [0.15, 0.2) is 0 Å². The first-order valence-corrected chi connectivity index (χ1v) is 6.05. The average molecular weight is 286 g/mol. The van der Waals surface area contributed by atoms with Gasteiger partial charge >= 0.3 is 0 Å². The molecule has 0 saturated heterocycles. The number of pyridine rings is 1. The van der Waals surface area contributed by atoms with E-state index in [0.29, 0.717) is 12.4 Å². The number of hydrogen-bond acceptors (Lipinski definition) is 3. The van der Waals surface area contributed by atoms with Crippen LogP contribution in [-0.2, 0) is 4.79 Å². The first-order chi connectivity index (χ1) is 7.63. The van der Waals surface area contributed by atoms with Gasteiger partial charge in [-0.05, 0) is 47.4 Å². The highest BCUT2D eigenvalue weighted by atomic mass is 79.9. The third-order valence-corrected chi connectivity index (χ3v) is 2.45. The molecular formula is C11H16BrN3O. The Labute approximate surface area is 104 Å². The summed E-state index contributed by atoms with van der Waals surface area (Å²) in [6.07, 6.45) is 2.69. The minimum atomic E-state index is -0.0635. The Balaban J connectivity index is 2.49. The second-order valence-corrected chi connectivity index (χ2v) is 4.46. The predicted octanol–water partition coefficient (Wildman–Crippen LogP) is 2.09. The Bertz CT molecular complexity index is 368. The summed E-state index contributed by atoms with van der Waals surface area (Å²) in [5, 5.41) is 5.80. The molecule has 0 aliphatic heterocycles. The molecule has 0 radical (unpaired) electrons. The molecule has 0 aliphatic carbocycles. The van der Waals surface area contributed by atoms with Gasteiger partial charge in [0.2, 0.25) is 5.91 Å². The molecule has 1 aromatic rings. The van der Waals surface area contributed by atoms with Crippen LogP contribution in [0.1, 0.15) is 18.9 Å². The average Bonchev–Trinajstić information content (AvgIpc) is 2.23. The standard InChI is InChI=1S/C11H16BrN3O/c1-3-4-13-7-10(16)15-11-8(2)5-9(12)6-14-11/h5-6,13H,3-4,7H2,1-2H3,(H,14,15,16). The maximum absolute atomic E-state index is 11.5. The molecule has 0 unspecified atom stereocenters. The highest BCUT2D eigenvalue weighted by molar-refractivity contribution is 9.10. The van der Waals surface area contributed by atoms with Crippen molar-refractivity contribution >= 4 is 27.7 Å². The zero-order valence-electron chi connectivity index (χ0n) is 9.51. The number of nitrogens with one attached hydrogen (secondary N) is 2. The van der Waals surface area contributed by atoms with Crippen LogP contribution < -0.4 is 10.6 Å². The van der Waals surface area contributed by atoms with Gasteiger partial charge in [0.05, 0.1) is 6.54 Å². The lowest BCUT2D eigenvalue weighted by Crippen LogP contribution is -2.29. The van der Waals surface area contributed by atoms with Crippen LogP contribution in [0.15, 0.2) is 16.7 Å². The summed E-state index contributed by atoms with van der Waals surface area (Å²) in [7, 11) is 0. The molecule has 4 nitrogen and oxygen atoms in total. The number of amides is 1. The van der Waals surface area contributed by atoms with Crippen molar-refractivity contribution in [3.8, 4) is 0 Å². The third kappa shape index (κ3) is 4.28. The van der Waals surface area contributed by atoms with Crippen molar-refractivity contribution in [2.45, 2.75) is 20.3 Å². The van der Waals surface area contributed by atoms with Crippen molar-refractivity contribution in [3.05, 3.63) is 22.3 Å². The maximum Gasteiger partial charge on any atom is 0.239 e. The lowest BCUT2D eigenvalue weighted by Gasteiger charge is -2.07. The summed E-state index contributed by atoms with van der Waals surface area (Å²) in [5.74, 6) is 0.554. The molecule has 1 amide bonds. The van der Waals surface area contributed by atoms with Crippen molar-refractivity contribution in [2.75, 3.05) is 18.4 Å². The summed E-state index contributed by atoms with van der Waals surface area (Å²) in [6, 6.07) is 1.92. The van der Waals surface area contributed by atoms with Crippen molar-refractivity contribution in [1.29, 1.82) is 0 Å². The zero-order valence-corrected chi connectivity index (χ0v) is 11.1. The molecule has 0 fully saturated rings. The summed E-state index contributed by atoms with van der Waals surface area (Å²) in [4.78, 5) is 15.6. The molecule has 0 saturated carbocycles. The van der Waals surface area contributed by atoms with E-state index in [2.05, 4.69) is 38.5 Å². The lowest BCUT2D eigenvalue weighted by molar-refractivity contribution is -0.115.